The van der Waals surface area contributed by atoms with Crippen molar-refractivity contribution in [2.24, 2.45) is 5.73 Å². The van der Waals surface area contributed by atoms with E-state index in [1.165, 1.54) is 28.0 Å². The summed E-state index contributed by atoms with van der Waals surface area (Å²) in [6, 6.07) is 7.39. The van der Waals surface area contributed by atoms with Crippen LogP contribution in [0.1, 0.15) is 33.6 Å². The number of nitrogens with one attached hydrogen (secondary N) is 1. The Labute approximate surface area is 153 Å². The van der Waals surface area contributed by atoms with Crippen LogP contribution in [-0.4, -0.2) is 17.6 Å². The molecule has 2 amide bonds. The Morgan fingerprint density at radius 3 is 2.75 bits per heavy atom. The van der Waals surface area contributed by atoms with Gasteiger partial charge in [-0.15, -0.1) is 23.1 Å². The maximum Gasteiger partial charge on any atom is 0.251 e. The van der Waals surface area contributed by atoms with Crippen LogP contribution in [0.3, 0.4) is 0 Å². The van der Waals surface area contributed by atoms with Crippen LogP contribution < -0.4 is 11.1 Å². The molecule has 3 rings (SSSR count). The standard InChI is InChI=1S/C17H17ClN2O2S2/c18-11-6-2-4-8-13(11)23-9-14(21)20-17-15(16(19)22)10-5-1-3-7-12(10)24-17/h2,4,6,8H,1,3,5,7,9H2,(H2,19,22)(H,20,21). The summed E-state index contributed by atoms with van der Waals surface area (Å²) in [5.41, 5.74) is 7.05. The minimum Gasteiger partial charge on any atom is -0.365 e. The largest absolute Gasteiger partial charge is 0.365 e. The lowest BCUT2D eigenvalue weighted by molar-refractivity contribution is -0.113. The van der Waals surface area contributed by atoms with Gasteiger partial charge in [0, 0.05) is 9.77 Å². The molecule has 1 heterocycles. The predicted molar refractivity (Wildman–Crippen MR) is 100 cm³/mol. The lowest BCUT2D eigenvalue weighted by Crippen LogP contribution is -2.19. The van der Waals surface area contributed by atoms with E-state index in [-0.39, 0.29) is 11.7 Å². The summed E-state index contributed by atoms with van der Waals surface area (Å²) >= 11 is 8.93. The van der Waals surface area contributed by atoms with Gasteiger partial charge in [0.05, 0.1) is 16.3 Å². The third kappa shape index (κ3) is 3.77. The molecule has 1 aromatic carbocycles. The number of anilines is 1. The first kappa shape index (κ1) is 17.3. The zero-order valence-corrected chi connectivity index (χ0v) is 15.3. The maximum atomic E-state index is 12.3. The van der Waals surface area contributed by atoms with Gasteiger partial charge in [0.1, 0.15) is 5.00 Å². The van der Waals surface area contributed by atoms with Crippen molar-refractivity contribution < 1.29 is 9.59 Å². The molecule has 0 bridgehead atoms. The third-order valence-electron chi connectivity index (χ3n) is 3.87. The average Bonchev–Trinajstić information content (AvgIpc) is 2.92. The van der Waals surface area contributed by atoms with E-state index in [1.807, 2.05) is 18.2 Å². The molecule has 0 fully saturated rings. The lowest BCUT2D eigenvalue weighted by atomic mass is 9.95. The molecule has 0 radical (unpaired) electrons. The number of thiophene rings is 1. The predicted octanol–water partition coefficient (Wildman–Crippen LogP) is 4.11. The quantitative estimate of drug-likeness (QED) is 0.766. The van der Waals surface area contributed by atoms with Crippen LogP contribution in [0.25, 0.3) is 0 Å². The Morgan fingerprint density at radius 2 is 2.00 bits per heavy atom. The number of halogens is 1. The second kappa shape index (κ2) is 7.59. The summed E-state index contributed by atoms with van der Waals surface area (Å²) in [7, 11) is 0. The number of hydrogen-bond acceptors (Lipinski definition) is 4. The summed E-state index contributed by atoms with van der Waals surface area (Å²) in [4.78, 5) is 26.1. The second-order valence-electron chi connectivity index (χ2n) is 5.55. The van der Waals surface area contributed by atoms with Crippen LogP contribution in [0.15, 0.2) is 29.2 Å². The molecule has 4 nitrogen and oxygen atoms in total. The molecule has 2 aromatic rings. The zero-order valence-electron chi connectivity index (χ0n) is 12.9. The Morgan fingerprint density at radius 1 is 1.25 bits per heavy atom. The van der Waals surface area contributed by atoms with Crippen molar-refractivity contribution in [2.45, 2.75) is 30.6 Å². The number of amides is 2. The molecular formula is C17H17ClN2O2S2. The Kier molecular flexibility index (Phi) is 5.48. The summed E-state index contributed by atoms with van der Waals surface area (Å²) in [5.74, 6) is -0.408. The van der Waals surface area contributed by atoms with Gasteiger partial charge in [-0.1, -0.05) is 23.7 Å². The second-order valence-corrected chi connectivity index (χ2v) is 8.08. The molecule has 126 valence electrons. The molecule has 0 aliphatic heterocycles. The van der Waals surface area contributed by atoms with E-state index in [0.29, 0.717) is 15.6 Å². The van der Waals surface area contributed by atoms with E-state index in [0.717, 1.165) is 36.1 Å². The highest BCUT2D eigenvalue weighted by Gasteiger charge is 2.24. The number of benzene rings is 1. The molecular weight excluding hydrogens is 364 g/mol. The molecule has 0 saturated carbocycles. The summed E-state index contributed by atoms with van der Waals surface area (Å²) in [6.45, 7) is 0. The van der Waals surface area contributed by atoms with Crippen LogP contribution in [0.5, 0.6) is 0 Å². The van der Waals surface area contributed by atoms with Crippen molar-refractivity contribution in [2.75, 3.05) is 11.1 Å². The molecule has 1 aliphatic rings. The van der Waals surface area contributed by atoms with Crippen LogP contribution in [0, 0.1) is 0 Å². The van der Waals surface area contributed by atoms with Crippen molar-refractivity contribution in [3.05, 3.63) is 45.3 Å². The summed E-state index contributed by atoms with van der Waals surface area (Å²) in [5, 5.41) is 4.06. The van der Waals surface area contributed by atoms with Gasteiger partial charge < -0.3 is 11.1 Å². The monoisotopic (exact) mass is 380 g/mol. The topological polar surface area (TPSA) is 72.2 Å². The molecule has 1 aliphatic carbocycles. The first-order valence-electron chi connectivity index (χ1n) is 7.67. The van der Waals surface area contributed by atoms with E-state index in [9.17, 15) is 9.59 Å². The van der Waals surface area contributed by atoms with Gasteiger partial charge in [-0.25, -0.2) is 0 Å². The van der Waals surface area contributed by atoms with Crippen molar-refractivity contribution >= 4 is 51.5 Å². The molecule has 7 heteroatoms. The number of carbonyl (C=O) groups is 2. The van der Waals surface area contributed by atoms with Gasteiger partial charge in [0.2, 0.25) is 5.91 Å². The first-order chi connectivity index (χ1) is 11.6. The van der Waals surface area contributed by atoms with Crippen LogP contribution in [-0.2, 0) is 17.6 Å². The van der Waals surface area contributed by atoms with Gasteiger partial charge in [-0.2, -0.15) is 0 Å². The molecule has 24 heavy (non-hydrogen) atoms. The number of carbonyl (C=O) groups excluding carboxylic acids is 2. The van der Waals surface area contributed by atoms with Crippen LogP contribution in [0.4, 0.5) is 5.00 Å². The molecule has 0 atom stereocenters. The van der Waals surface area contributed by atoms with Gasteiger partial charge in [-0.05, 0) is 43.4 Å². The Bertz CT molecular complexity index is 789. The highest BCUT2D eigenvalue weighted by Crippen LogP contribution is 2.38. The zero-order chi connectivity index (χ0) is 17.1. The van der Waals surface area contributed by atoms with Crippen LogP contribution in [0.2, 0.25) is 5.02 Å². The Balaban J connectivity index is 1.71. The number of primary amides is 1. The van der Waals surface area contributed by atoms with E-state index in [4.69, 9.17) is 17.3 Å². The van der Waals surface area contributed by atoms with Gasteiger partial charge in [0.15, 0.2) is 0 Å². The number of nitrogens with two attached hydrogens (primary N) is 1. The van der Waals surface area contributed by atoms with E-state index < -0.39 is 5.91 Å². The van der Waals surface area contributed by atoms with Crippen molar-refractivity contribution in [3.8, 4) is 0 Å². The van der Waals surface area contributed by atoms with Crippen molar-refractivity contribution in [3.63, 3.8) is 0 Å². The number of aryl methyl sites for hydroxylation is 1. The minimum atomic E-state index is -0.469. The highest BCUT2D eigenvalue weighted by atomic mass is 35.5. The van der Waals surface area contributed by atoms with E-state index in [1.54, 1.807) is 6.07 Å². The minimum absolute atomic E-state index is 0.166. The maximum absolute atomic E-state index is 12.3. The SMILES string of the molecule is NC(=O)c1c(NC(=O)CSc2ccccc2Cl)sc2c1CCCC2. The molecule has 3 N–H and O–H groups in total. The van der Waals surface area contributed by atoms with Gasteiger partial charge >= 0.3 is 0 Å². The molecule has 0 unspecified atom stereocenters. The first-order valence-corrected chi connectivity index (χ1v) is 9.86. The lowest BCUT2D eigenvalue weighted by Gasteiger charge is -2.11. The number of fused-ring (bicyclic) bond motifs is 1. The fourth-order valence-corrected chi connectivity index (χ4v) is 5.13. The van der Waals surface area contributed by atoms with Crippen molar-refractivity contribution in [1.29, 1.82) is 0 Å². The van der Waals surface area contributed by atoms with Gasteiger partial charge in [-0.3, -0.25) is 9.59 Å². The van der Waals surface area contributed by atoms with Crippen LogP contribution >= 0.6 is 34.7 Å². The molecule has 1 aromatic heterocycles. The third-order valence-corrected chi connectivity index (χ3v) is 6.59. The number of thioether (sulfide) groups is 1. The summed E-state index contributed by atoms with van der Waals surface area (Å²) < 4.78 is 0. The Hall–Kier alpha value is -1.50. The fraction of sp³-hybridized carbons (Fsp3) is 0.294. The van der Waals surface area contributed by atoms with Crippen molar-refractivity contribution in [1.82, 2.24) is 0 Å². The van der Waals surface area contributed by atoms with Gasteiger partial charge in [0.25, 0.3) is 5.91 Å². The van der Waals surface area contributed by atoms with E-state index in [2.05, 4.69) is 5.32 Å². The molecule has 0 saturated heterocycles. The summed E-state index contributed by atoms with van der Waals surface area (Å²) in [6.07, 6.45) is 3.97. The smallest absolute Gasteiger partial charge is 0.251 e. The number of hydrogen-bond donors (Lipinski definition) is 2. The molecule has 0 spiro atoms. The highest BCUT2D eigenvalue weighted by molar-refractivity contribution is 8.00. The number of rotatable bonds is 5. The average molecular weight is 381 g/mol. The normalized spacial score (nSPS) is 13.4. The van der Waals surface area contributed by atoms with E-state index >= 15 is 0 Å². The fourth-order valence-electron chi connectivity index (χ4n) is 2.78.